The van der Waals surface area contributed by atoms with Gasteiger partial charge in [0.15, 0.2) is 11.7 Å². The molecule has 9 heteroatoms. The summed E-state index contributed by atoms with van der Waals surface area (Å²) >= 11 is 0. The molecule has 3 heterocycles. The zero-order valence-corrected chi connectivity index (χ0v) is 33.4. The van der Waals surface area contributed by atoms with E-state index in [-0.39, 0.29) is 5.78 Å². The summed E-state index contributed by atoms with van der Waals surface area (Å²) in [4.78, 5) is 39.0. The molecular formula is C43H62N6O3. The zero-order valence-electron chi connectivity index (χ0n) is 33.4. The Morgan fingerprint density at radius 3 is 2.35 bits per heavy atom. The Bertz CT molecular complexity index is 1690. The molecule has 0 saturated heterocycles. The Morgan fingerprint density at radius 1 is 1.08 bits per heavy atom. The van der Waals surface area contributed by atoms with Crippen molar-refractivity contribution in [3.05, 3.63) is 82.4 Å². The fourth-order valence-corrected chi connectivity index (χ4v) is 6.48. The van der Waals surface area contributed by atoms with Crippen molar-refractivity contribution < 1.29 is 14.3 Å². The average molecular weight is 711 g/mol. The van der Waals surface area contributed by atoms with Crippen molar-refractivity contribution in [1.29, 1.82) is 0 Å². The van der Waals surface area contributed by atoms with Crippen molar-refractivity contribution in [3.8, 4) is 0 Å². The summed E-state index contributed by atoms with van der Waals surface area (Å²) in [5, 5.41) is 6.60. The van der Waals surface area contributed by atoms with E-state index in [0.29, 0.717) is 17.7 Å². The van der Waals surface area contributed by atoms with Gasteiger partial charge < -0.3 is 25.1 Å². The largest absolute Gasteiger partial charge is 0.440 e. The lowest BCUT2D eigenvalue weighted by molar-refractivity contribution is -0.122. The quantitative estimate of drug-likeness (QED) is 0.138. The number of aromatic nitrogens is 3. The van der Waals surface area contributed by atoms with Crippen LogP contribution < -0.4 is 10.6 Å². The van der Waals surface area contributed by atoms with Gasteiger partial charge in [0.25, 0.3) is 0 Å². The van der Waals surface area contributed by atoms with Gasteiger partial charge in [-0.2, -0.15) is 0 Å². The number of carbonyl (C=O) groups excluding carboxylic acids is 2. The molecule has 4 rings (SSSR count). The Labute approximate surface area is 312 Å². The van der Waals surface area contributed by atoms with Crippen LogP contribution in [-0.2, 0) is 14.3 Å². The highest BCUT2D eigenvalue weighted by Crippen LogP contribution is 2.37. The van der Waals surface area contributed by atoms with E-state index in [0.717, 1.165) is 102 Å². The molecule has 9 nitrogen and oxygen atoms in total. The summed E-state index contributed by atoms with van der Waals surface area (Å²) in [5.41, 5.74) is 6.50. The number of aryl methyl sites for hydroxylation is 1. The minimum Gasteiger partial charge on any atom is -0.440 e. The molecule has 0 amide bonds. The molecule has 2 aliphatic rings. The van der Waals surface area contributed by atoms with Gasteiger partial charge in [-0.3, -0.25) is 4.79 Å². The maximum absolute atomic E-state index is 13.4. The molecule has 0 aromatic carbocycles. The maximum atomic E-state index is 13.4. The molecule has 1 aliphatic heterocycles. The third kappa shape index (κ3) is 11.2. The summed E-state index contributed by atoms with van der Waals surface area (Å²) < 4.78 is 6.63. The van der Waals surface area contributed by atoms with Crippen LogP contribution in [0.15, 0.2) is 65.4 Å². The monoisotopic (exact) mass is 710 g/mol. The van der Waals surface area contributed by atoms with E-state index in [1.165, 1.54) is 32.6 Å². The van der Waals surface area contributed by atoms with Crippen molar-refractivity contribution in [2.45, 2.75) is 114 Å². The maximum Gasteiger partial charge on any atom is 0.227 e. The molecule has 0 bridgehead atoms. The Balaban J connectivity index is 0.00000235. The molecule has 0 unspecified atom stereocenters. The Kier molecular flexibility index (Phi) is 16.0. The van der Waals surface area contributed by atoms with Gasteiger partial charge in [0, 0.05) is 49.0 Å². The number of nitrogens with one attached hydrogen (secondary N) is 2. The van der Waals surface area contributed by atoms with E-state index < -0.39 is 5.41 Å². The predicted molar refractivity (Wildman–Crippen MR) is 216 cm³/mol. The smallest absolute Gasteiger partial charge is 0.227 e. The number of anilines is 3. The van der Waals surface area contributed by atoms with Gasteiger partial charge >= 0.3 is 0 Å². The third-order valence-electron chi connectivity index (χ3n) is 9.40. The molecule has 52 heavy (non-hydrogen) atoms. The van der Waals surface area contributed by atoms with Crippen molar-refractivity contribution in [1.82, 2.24) is 19.9 Å². The van der Waals surface area contributed by atoms with Gasteiger partial charge in [-0.05, 0) is 87.8 Å². The van der Waals surface area contributed by atoms with Crippen LogP contribution in [0.2, 0.25) is 0 Å². The van der Waals surface area contributed by atoms with Crippen LogP contribution in [0.1, 0.15) is 124 Å². The van der Waals surface area contributed by atoms with E-state index in [1.54, 1.807) is 0 Å². The standard InChI is InChI=1S/C41H58N6O2.C2H4O/c1-11-14-22-47(21-12-2)36-23-27(4)28(5)37(49-36)33(13-3)34-19-20-35(39(42-10)45-34)46-40-43-26-32(29(6)44-40)25-31(38(48)41(7,8)9)24-30-17-15-16-18-30;1-2-3/h13,19-20,23,25-26,30H,4,11-12,14-18,21-22,24H2,1-3,5-10H3,(H,42,45)(H,43,44,46);2H,1H3/b31-25+,33-13-;. The van der Waals surface area contributed by atoms with Gasteiger partial charge in [0.05, 0.1) is 17.1 Å². The zero-order chi connectivity index (χ0) is 38.4. The van der Waals surface area contributed by atoms with E-state index >= 15 is 0 Å². The second-order valence-electron chi connectivity index (χ2n) is 14.6. The van der Waals surface area contributed by atoms with Crippen molar-refractivity contribution in [2.24, 2.45) is 11.3 Å². The van der Waals surface area contributed by atoms with Crippen LogP contribution in [0.5, 0.6) is 0 Å². The number of allylic oxidation sites excluding steroid dienone is 6. The molecule has 0 atom stereocenters. The number of ether oxygens (including phenoxy) is 1. The van der Waals surface area contributed by atoms with Crippen molar-refractivity contribution in [3.63, 3.8) is 0 Å². The minimum atomic E-state index is -0.439. The lowest BCUT2D eigenvalue weighted by atomic mass is 9.82. The van der Waals surface area contributed by atoms with Gasteiger partial charge in [-0.25, -0.2) is 15.0 Å². The van der Waals surface area contributed by atoms with Gasteiger partial charge in [0.2, 0.25) is 5.95 Å². The normalized spacial score (nSPS) is 15.4. The number of rotatable bonds is 15. The second kappa shape index (κ2) is 19.9. The van der Waals surface area contributed by atoms with Crippen LogP contribution in [0.4, 0.5) is 17.5 Å². The molecule has 2 aromatic heterocycles. The molecular weight excluding hydrogens is 649 g/mol. The number of aldehydes is 1. The summed E-state index contributed by atoms with van der Waals surface area (Å²) in [6.45, 7) is 24.1. The number of carbonyl (C=O) groups is 2. The molecule has 2 aromatic rings. The summed E-state index contributed by atoms with van der Waals surface area (Å²) in [6.07, 6.45) is 17.6. The number of pyridine rings is 1. The van der Waals surface area contributed by atoms with Crippen LogP contribution in [-0.4, -0.2) is 52.1 Å². The van der Waals surface area contributed by atoms with Crippen LogP contribution in [0.25, 0.3) is 11.6 Å². The second-order valence-corrected chi connectivity index (χ2v) is 14.6. The number of unbranched alkanes of at least 4 members (excludes halogenated alkanes) is 1. The number of nitrogens with zero attached hydrogens (tertiary/aromatic N) is 4. The third-order valence-corrected chi connectivity index (χ3v) is 9.40. The molecule has 282 valence electrons. The first-order chi connectivity index (χ1) is 24.8. The first kappa shape index (κ1) is 41.9. The molecule has 1 aliphatic carbocycles. The SMILES string of the molecule is C=C1C=C(N(CCC)CCCC)OC(/C(=C\C)c2ccc(Nc3ncc(/C=C(\CC4CCCC4)C(=O)C(C)(C)C)c(C)n3)c(NC)n2)=C1C.CC=O. The van der Waals surface area contributed by atoms with Gasteiger partial charge in [-0.1, -0.05) is 79.4 Å². The first-order valence-corrected chi connectivity index (χ1v) is 19.0. The molecule has 0 radical (unpaired) electrons. The number of Topliss-reactive ketones (excluding diaryl/α,β-unsaturated/α-hetero) is 1. The lowest BCUT2D eigenvalue weighted by Gasteiger charge is -2.31. The lowest BCUT2D eigenvalue weighted by Crippen LogP contribution is -2.28. The number of hydrogen-bond donors (Lipinski definition) is 2. The molecule has 2 N–H and O–H groups in total. The van der Waals surface area contributed by atoms with Gasteiger partial charge in [-0.15, -0.1) is 0 Å². The topological polar surface area (TPSA) is 109 Å². The van der Waals surface area contributed by atoms with E-state index in [1.807, 2.05) is 72.1 Å². The van der Waals surface area contributed by atoms with Crippen LogP contribution in [0, 0.1) is 18.3 Å². The fourth-order valence-electron chi connectivity index (χ4n) is 6.48. The summed E-state index contributed by atoms with van der Waals surface area (Å²) in [6, 6.07) is 3.97. The van der Waals surface area contributed by atoms with Crippen molar-refractivity contribution in [2.75, 3.05) is 30.8 Å². The van der Waals surface area contributed by atoms with Gasteiger partial charge in [0.1, 0.15) is 17.9 Å². The highest BCUT2D eigenvalue weighted by Gasteiger charge is 2.28. The van der Waals surface area contributed by atoms with Crippen LogP contribution in [0.3, 0.4) is 0 Å². The van der Waals surface area contributed by atoms with Crippen molar-refractivity contribution >= 4 is 41.2 Å². The predicted octanol–water partition coefficient (Wildman–Crippen LogP) is 10.4. The average Bonchev–Trinajstić information content (AvgIpc) is 3.63. The minimum absolute atomic E-state index is 0.197. The molecule has 1 saturated carbocycles. The van der Waals surface area contributed by atoms with E-state index in [9.17, 15) is 4.79 Å². The molecule has 0 spiro atoms. The Hall–Kier alpha value is -4.53. The number of hydrogen-bond acceptors (Lipinski definition) is 9. The van der Waals surface area contributed by atoms with E-state index in [4.69, 9.17) is 19.5 Å². The fraction of sp³-hybridized carbons (Fsp3) is 0.512. The number of ketones is 1. The molecule has 1 fully saturated rings. The van der Waals surface area contributed by atoms with E-state index in [2.05, 4.69) is 53.9 Å². The van der Waals surface area contributed by atoms with Crippen LogP contribution >= 0.6 is 0 Å². The highest BCUT2D eigenvalue weighted by atomic mass is 16.5. The highest BCUT2D eigenvalue weighted by molar-refractivity contribution is 6.02. The first-order valence-electron chi connectivity index (χ1n) is 19.0. The summed E-state index contributed by atoms with van der Waals surface area (Å²) in [7, 11) is 1.85. The summed E-state index contributed by atoms with van der Waals surface area (Å²) in [5.74, 6) is 3.51. The Morgan fingerprint density at radius 2 is 1.77 bits per heavy atom.